The van der Waals surface area contributed by atoms with Crippen molar-refractivity contribution in [2.75, 3.05) is 18.1 Å². The van der Waals surface area contributed by atoms with E-state index in [9.17, 15) is 19.2 Å². The number of carbonyl (C=O) groups excluding carboxylic acids is 4. The van der Waals surface area contributed by atoms with Crippen LogP contribution in [0.5, 0.6) is 0 Å². The fourth-order valence-corrected chi connectivity index (χ4v) is 1.92. The lowest BCUT2D eigenvalue weighted by molar-refractivity contribution is -0.145. The van der Waals surface area contributed by atoms with Crippen molar-refractivity contribution in [1.82, 2.24) is 0 Å². The van der Waals surface area contributed by atoms with E-state index in [0.29, 0.717) is 12.3 Å². The van der Waals surface area contributed by atoms with Crippen molar-refractivity contribution in [2.24, 2.45) is 0 Å². The number of nitrogens with zero attached hydrogens (tertiary/aromatic N) is 1. The minimum atomic E-state index is -0.546. The van der Waals surface area contributed by atoms with Crippen LogP contribution in [0, 0.1) is 0 Å². The summed E-state index contributed by atoms with van der Waals surface area (Å²) in [6, 6.07) is 8.86. The third-order valence-corrected chi connectivity index (χ3v) is 3.05. The number of imide groups is 1. The Hall–Kier alpha value is -3.22. The molecule has 2 rings (SSSR count). The number of amides is 2. The van der Waals surface area contributed by atoms with Crippen LogP contribution in [-0.2, 0) is 28.7 Å². The fraction of sp³-hybridized carbons (Fsp3) is 0.263. The van der Waals surface area contributed by atoms with Gasteiger partial charge in [-0.3, -0.25) is 14.4 Å². The minimum Gasteiger partial charge on any atom is -0.466 e. The number of benzene rings is 1. The van der Waals surface area contributed by atoms with E-state index in [1.165, 1.54) is 12.2 Å². The summed E-state index contributed by atoms with van der Waals surface area (Å²) in [6.45, 7) is 7.39. The molecule has 0 fully saturated rings. The van der Waals surface area contributed by atoms with Crippen molar-refractivity contribution >= 4 is 29.4 Å². The van der Waals surface area contributed by atoms with E-state index in [2.05, 4.69) is 16.1 Å². The Bertz CT molecular complexity index is 690. The van der Waals surface area contributed by atoms with Crippen LogP contribution in [0.1, 0.15) is 20.3 Å². The highest BCUT2D eigenvalue weighted by atomic mass is 16.5. The lowest BCUT2D eigenvalue weighted by atomic mass is 10.2. The lowest BCUT2D eigenvalue weighted by Gasteiger charge is -2.12. The number of esters is 2. The van der Waals surface area contributed by atoms with Crippen LogP contribution in [0.4, 0.5) is 5.69 Å². The summed E-state index contributed by atoms with van der Waals surface area (Å²) < 4.78 is 9.27. The molecule has 1 aliphatic rings. The smallest absolute Gasteiger partial charge is 0.333 e. The minimum absolute atomic E-state index is 0.104. The number of rotatable bonds is 6. The number of hydrogen-bond donors (Lipinski definition) is 0. The van der Waals surface area contributed by atoms with Crippen LogP contribution < -0.4 is 4.90 Å². The first-order chi connectivity index (χ1) is 12.4. The van der Waals surface area contributed by atoms with Gasteiger partial charge in [0.2, 0.25) is 0 Å². The van der Waals surface area contributed by atoms with Gasteiger partial charge in [-0.05, 0) is 26.0 Å². The number of para-hydroxylation sites is 1. The number of anilines is 1. The first kappa shape index (κ1) is 20.8. The fourth-order valence-electron chi connectivity index (χ4n) is 1.92. The third-order valence-electron chi connectivity index (χ3n) is 3.05. The van der Waals surface area contributed by atoms with Gasteiger partial charge in [-0.15, -0.1) is 0 Å². The molecule has 7 heteroatoms. The average Bonchev–Trinajstić information content (AvgIpc) is 2.95. The van der Waals surface area contributed by atoms with Crippen LogP contribution >= 0.6 is 0 Å². The molecule has 0 bridgehead atoms. The molecule has 7 nitrogen and oxygen atoms in total. The standard InChI is InChI=1S/C10H7NO2.C9H14O4/c12-9-6-7-10(13)11(9)8-4-2-1-3-5-8;1-4-12-8(10)6-7(3)9(11)13-5-2/h1-7H;3-6H2,1-2H3. The number of ether oxygens (including phenoxy) is 2. The van der Waals surface area contributed by atoms with E-state index in [4.69, 9.17) is 0 Å². The summed E-state index contributed by atoms with van der Waals surface area (Å²) in [5.74, 6) is -1.57. The third kappa shape index (κ3) is 6.35. The molecule has 1 aliphatic heterocycles. The summed E-state index contributed by atoms with van der Waals surface area (Å²) in [6.07, 6.45) is 2.44. The SMILES string of the molecule is C=C(CC(=O)OCC)C(=O)OCC.O=C1C=CC(=O)N1c1ccccc1. The van der Waals surface area contributed by atoms with Crippen molar-refractivity contribution in [3.63, 3.8) is 0 Å². The van der Waals surface area contributed by atoms with Gasteiger partial charge in [-0.25, -0.2) is 9.69 Å². The quantitative estimate of drug-likeness (QED) is 0.439. The predicted octanol–water partition coefficient (Wildman–Crippen LogP) is 2.17. The molecule has 0 spiro atoms. The average molecular weight is 359 g/mol. The molecule has 0 saturated heterocycles. The molecule has 0 N–H and O–H groups in total. The highest BCUT2D eigenvalue weighted by Crippen LogP contribution is 2.17. The zero-order valence-electron chi connectivity index (χ0n) is 14.8. The van der Waals surface area contributed by atoms with E-state index < -0.39 is 11.9 Å². The molecule has 0 saturated carbocycles. The van der Waals surface area contributed by atoms with Gasteiger partial charge in [0.15, 0.2) is 0 Å². The zero-order valence-corrected chi connectivity index (χ0v) is 14.8. The summed E-state index contributed by atoms with van der Waals surface area (Å²) in [7, 11) is 0. The Morgan fingerprint density at radius 1 is 0.962 bits per heavy atom. The molecule has 0 unspecified atom stereocenters. The highest BCUT2D eigenvalue weighted by molar-refractivity contribution is 6.28. The molecule has 1 heterocycles. The van der Waals surface area contributed by atoms with Gasteiger partial charge in [0.25, 0.3) is 11.8 Å². The van der Waals surface area contributed by atoms with Gasteiger partial charge < -0.3 is 9.47 Å². The Balaban J connectivity index is 0.000000260. The largest absolute Gasteiger partial charge is 0.466 e. The van der Waals surface area contributed by atoms with E-state index in [-0.39, 0.29) is 30.4 Å². The summed E-state index contributed by atoms with van der Waals surface area (Å²) in [4.78, 5) is 45.4. The lowest BCUT2D eigenvalue weighted by Crippen LogP contribution is -2.29. The van der Waals surface area contributed by atoms with Crippen molar-refractivity contribution in [1.29, 1.82) is 0 Å². The molecule has 0 aliphatic carbocycles. The normalized spacial score (nSPS) is 12.3. The summed E-state index contributed by atoms with van der Waals surface area (Å²) >= 11 is 0. The van der Waals surface area contributed by atoms with Gasteiger partial charge in [0.1, 0.15) is 0 Å². The monoisotopic (exact) mass is 359 g/mol. The van der Waals surface area contributed by atoms with Crippen molar-refractivity contribution in [3.8, 4) is 0 Å². The second-order valence-electron chi connectivity index (χ2n) is 4.99. The van der Waals surface area contributed by atoms with E-state index in [1.54, 1.807) is 38.1 Å². The van der Waals surface area contributed by atoms with Crippen molar-refractivity contribution in [3.05, 3.63) is 54.6 Å². The molecule has 0 atom stereocenters. The molecule has 2 amide bonds. The molecular weight excluding hydrogens is 338 g/mol. The zero-order chi connectivity index (χ0) is 19.5. The Morgan fingerprint density at radius 2 is 1.50 bits per heavy atom. The molecule has 1 aromatic carbocycles. The maximum atomic E-state index is 11.2. The number of carbonyl (C=O) groups is 4. The van der Waals surface area contributed by atoms with Crippen molar-refractivity contribution < 1.29 is 28.7 Å². The van der Waals surface area contributed by atoms with Gasteiger partial charge >= 0.3 is 11.9 Å². The van der Waals surface area contributed by atoms with Crippen LogP contribution in [0.25, 0.3) is 0 Å². The molecule has 26 heavy (non-hydrogen) atoms. The topological polar surface area (TPSA) is 90.0 Å². The van der Waals surface area contributed by atoms with Gasteiger partial charge in [0.05, 0.1) is 25.3 Å². The Labute approximate surface area is 151 Å². The van der Waals surface area contributed by atoms with E-state index >= 15 is 0 Å². The van der Waals surface area contributed by atoms with Crippen LogP contribution in [0.15, 0.2) is 54.6 Å². The maximum absolute atomic E-state index is 11.2. The summed E-state index contributed by atoms with van der Waals surface area (Å²) in [5, 5.41) is 0. The molecule has 138 valence electrons. The van der Waals surface area contributed by atoms with E-state index in [1.807, 2.05) is 6.07 Å². The van der Waals surface area contributed by atoms with Gasteiger partial charge in [0, 0.05) is 17.7 Å². The first-order valence-corrected chi connectivity index (χ1v) is 8.02. The Kier molecular flexibility index (Phi) is 8.49. The molecular formula is C19H21NO6. The van der Waals surface area contributed by atoms with Gasteiger partial charge in [-0.2, -0.15) is 0 Å². The number of hydrogen-bond acceptors (Lipinski definition) is 6. The summed E-state index contributed by atoms with van der Waals surface area (Å²) in [5.41, 5.74) is 0.739. The molecule has 0 radical (unpaired) electrons. The van der Waals surface area contributed by atoms with Crippen LogP contribution in [0.2, 0.25) is 0 Å². The second-order valence-corrected chi connectivity index (χ2v) is 4.99. The molecule has 0 aromatic heterocycles. The first-order valence-electron chi connectivity index (χ1n) is 8.02. The predicted molar refractivity (Wildman–Crippen MR) is 95.1 cm³/mol. The molecule has 1 aromatic rings. The van der Waals surface area contributed by atoms with Gasteiger partial charge in [-0.1, -0.05) is 24.8 Å². The second kappa shape index (κ2) is 10.6. The maximum Gasteiger partial charge on any atom is 0.333 e. The Morgan fingerprint density at radius 3 is 2.00 bits per heavy atom. The van der Waals surface area contributed by atoms with Crippen molar-refractivity contribution in [2.45, 2.75) is 20.3 Å². The highest BCUT2D eigenvalue weighted by Gasteiger charge is 2.24. The van der Waals surface area contributed by atoms with E-state index in [0.717, 1.165) is 4.90 Å². The van der Waals surface area contributed by atoms with Crippen LogP contribution in [0.3, 0.4) is 0 Å². The van der Waals surface area contributed by atoms with Crippen LogP contribution in [-0.4, -0.2) is 37.0 Å².